The van der Waals surface area contributed by atoms with Crippen molar-refractivity contribution in [3.63, 3.8) is 0 Å². The van der Waals surface area contributed by atoms with Gasteiger partial charge in [-0.15, -0.1) is 0 Å². The van der Waals surface area contributed by atoms with Crippen molar-refractivity contribution in [2.75, 3.05) is 0 Å². The maximum absolute atomic E-state index is 12.8. The first-order valence-electron chi connectivity index (χ1n) is 17.6. The predicted octanol–water partition coefficient (Wildman–Crippen LogP) is 6.13. The third-order valence-electron chi connectivity index (χ3n) is 9.89. The molecule has 274 valence electrons. The van der Waals surface area contributed by atoms with Gasteiger partial charge in [-0.25, -0.2) is 4.79 Å². The number of allylic oxidation sites excluding steroid dienone is 3. The van der Waals surface area contributed by atoms with Gasteiger partial charge in [0.1, 0.15) is 12.2 Å². The second kappa shape index (κ2) is 20.4. The maximum atomic E-state index is 12.8. The van der Waals surface area contributed by atoms with E-state index in [2.05, 4.69) is 11.9 Å². The molecule has 1 aliphatic heterocycles. The lowest BCUT2D eigenvalue weighted by molar-refractivity contribution is -0.179. The molecule has 1 aromatic rings. The molecule has 1 aromatic carbocycles. The number of carbonyl (C=O) groups excluding carboxylic acids is 2. The van der Waals surface area contributed by atoms with Crippen molar-refractivity contribution < 1.29 is 39.5 Å². The third kappa shape index (κ3) is 13.2. The lowest BCUT2D eigenvalue weighted by Crippen LogP contribution is -2.47. The fourth-order valence-electron chi connectivity index (χ4n) is 6.60. The number of aliphatic hydroxyl groups excluding tert-OH is 4. The van der Waals surface area contributed by atoms with Gasteiger partial charge in [0.2, 0.25) is 0 Å². The number of nitrogens with one attached hydrogen (secondary N) is 1. The highest BCUT2D eigenvalue weighted by Crippen LogP contribution is 2.31. The fourth-order valence-corrected chi connectivity index (χ4v) is 6.60. The van der Waals surface area contributed by atoms with Crippen molar-refractivity contribution in [3.05, 3.63) is 84.5 Å². The van der Waals surface area contributed by atoms with Crippen molar-refractivity contribution in [2.45, 2.75) is 111 Å². The molecule has 1 fully saturated rings. The summed E-state index contributed by atoms with van der Waals surface area (Å²) in [6.07, 6.45) is 6.57. The van der Waals surface area contributed by atoms with Crippen molar-refractivity contribution in [1.29, 1.82) is 0 Å². The molecule has 13 atom stereocenters. The number of benzene rings is 1. The molecule has 49 heavy (non-hydrogen) atoms. The summed E-state index contributed by atoms with van der Waals surface area (Å²) in [5, 5.41) is 46.2. The molecule has 0 aliphatic carbocycles. The van der Waals surface area contributed by atoms with Crippen LogP contribution >= 0.6 is 0 Å². The van der Waals surface area contributed by atoms with Gasteiger partial charge in [-0.2, -0.15) is 0 Å². The summed E-state index contributed by atoms with van der Waals surface area (Å²) in [7, 11) is 0. The molecule has 0 saturated carbocycles. The van der Waals surface area contributed by atoms with Crippen molar-refractivity contribution >= 4 is 12.1 Å². The van der Waals surface area contributed by atoms with Gasteiger partial charge >= 0.3 is 12.1 Å². The first kappa shape index (κ1) is 41.9. The fraction of sp³-hybridized carbons (Fsp3) is 0.600. The summed E-state index contributed by atoms with van der Waals surface area (Å²) in [6.45, 7) is 19.1. The topological polar surface area (TPSA) is 146 Å². The number of ether oxygens (including phenoxy) is 2. The van der Waals surface area contributed by atoms with Crippen LogP contribution in [0.2, 0.25) is 0 Å². The van der Waals surface area contributed by atoms with Crippen LogP contribution in [0.4, 0.5) is 4.79 Å². The summed E-state index contributed by atoms with van der Waals surface area (Å²) < 4.78 is 11.3. The van der Waals surface area contributed by atoms with Crippen LogP contribution in [-0.2, 0) is 20.8 Å². The van der Waals surface area contributed by atoms with E-state index < -0.39 is 54.6 Å². The zero-order valence-corrected chi connectivity index (χ0v) is 30.6. The minimum atomic E-state index is -0.898. The van der Waals surface area contributed by atoms with Crippen LogP contribution in [0, 0.1) is 41.4 Å². The van der Waals surface area contributed by atoms with Gasteiger partial charge in [0, 0.05) is 42.6 Å². The lowest BCUT2D eigenvalue weighted by Gasteiger charge is -2.36. The van der Waals surface area contributed by atoms with Crippen LogP contribution in [0.1, 0.15) is 73.8 Å². The Kier molecular flexibility index (Phi) is 17.5. The summed E-state index contributed by atoms with van der Waals surface area (Å²) in [4.78, 5) is 24.8. The molecule has 9 heteroatoms. The zero-order valence-electron chi connectivity index (χ0n) is 30.6. The Hall–Kier alpha value is -3.24. The van der Waals surface area contributed by atoms with E-state index in [-0.39, 0.29) is 41.9 Å². The summed E-state index contributed by atoms with van der Waals surface area (Å²) in [6, 6.07) is 9.57. The molecule has 9 nitrogen and oxygen atoms in total. The summed E-state index contributed by atoms with van der Waals surface area (Å²) >= 11 is 0. The molecule has 1 amide bonds. The Balaban J connectivity index is 1.98. The first-order valence-corrected chi connectivity index (χ1v) is 17.6. The van der Waals surface area contributed by atoms with E-state index in [1.807, 2.05) is 84.0 Å². The molecule has 0 aromatic heterocycles. The van der Waals surface area contributed by atoms with Crippen molar-refractivity contribution in [3.8, 4) is 0 Å². The molecular formula is C40H61NO8. The molecule has 1 saturated heterocycles. The van der Waals surface area contributed by atoms with Gasteiger partial charge in [0.15, 0.2) is 0 Å². The highest BCUT2D eigenvalue weighted by molar-refractivity contribution is 5.73. The van der Waals surface area contributed by atoms with E-state index in [4.69, 9.17) is 9.47 Å². The molecule has 2 rings (SSSR count). The van der Waals surface area contributed by atoms with Gasteiger partial charge < -0.3 is 35.2 Å². The minimum Gasteiger partial charge on any atom is -0.462 e. The predicted molar refractivity (Wildman–Crippen MR) is 193 cm³/mol. The van der Waals surface area contributed by atoms with E-state index in [9.17, 15) is 30.0 Å². The van der Waals surface area contributed by atoms with E-state index in [0.29, 0.717) is 13.0 Å². The second-order valence-electron chi connectivity index (χ2n) is 14.2. The number of aliphatic hydroxyl groups is 4. The van der Waals surface area contributed by atoms with Crippen molar-refractivity contribution in [1.82, 2.24) is 5.32 Å². The number of hydrogen-bond acceptors (Lipinski definition) is 8. The largest absolute Gasteiger partial charge is 0.462 e. The maximum Gasteiger partial charge on any atom is 0.407 e. The Morgan fingerprint density at radius 2 is 1.63 bits per heavy atom. The number of hydrogen-bond donors (Lipinski definition) is 5. The van der Waals surface area contributed by atoms with Crippen LogP contribution in [0.5, 0.6) is 0 Å². The molecule has 0 spiro atoms. The third-order valence-corrected chi connectivity index (χ3v) is 9.89. The van der Waals surface area contributed by atoms with E-state index >= 15 is 0 Å². The average molecular weight is 684 g/mol. The number of rotatable bonds is 18. The number of cyclic esters (lactones) is 1. The van der Waals surface area contributed by atoms with Crippen LogP contribution in [0.3, 0.4) is 0 Å². The van der Waals surface area contributed by atoms with Crippen molar-refractivity contribution in [2.24, 2.45) is 41.4 Å². The second-order valence-corrected chi connectivity index (χ2v) is 14.2. The van der Waals surface area contributed by atoms with Crippen LogP contribution in [0.15, 0.2) is 78.9 Å². The first-order chi connectivity index (χ1) is 23.1. The number of carbonyl (C=O) groups is 2. The average Bonchev–Trinajstić information content (AvgIpc) is 3.08. The normalized spacial score (nSPS) is 25.8. The van der Waals surface area contributed by atoms with Gasteiger partial charge in [-0.3, -0.25) is 4.79 Å². The van der Waals surface area contributed by atoms with E-state index in [0.717, 1.165) is 11.1 Å². The lowest BCUT2D eigenvalue weighted by atomic mass is 9.81. The minimum absolute atomic E-state index is 0.157. The molecule has 0 bridgehead atoms. The molecule has 5 N–H and O–H groups in total. The molecular weight excluding hydrogens is 622 g/mol. The quantitative estimate of drug-likeness (QED) is 0.0706. The Labute approximate surface area is 293 Å². The number of amides is 1. The van der Waals surface area contributed by atoms with Crippen LogP contribution in [0.25, 0.3) is 0 Å². The Bertz CT molecular complexity index is 1260. The number of alkyl carbamates (subject to hydrolysis) is 1. The monoisotopic (exact) mass is 683 g/mol. The van der Waals surface area contributed by atoms with Gasteiger partial charge in [-0.05, 0) is 31.7 Å². The Morgan fingerprint density at radius 3 is 2.27 bits per heavy atom. The highest BCUT2D eigenvalue weighted by Gasteiger charge is 2.41. The van der Waals surface area contributed by atoms with Crippen LogP contribution < -0.4 is 5.32 Å². The molecule has 2 unspecified atom stereocenters. The summed E-state index contributed by atoms with van der Waals surface area (Å²) in [5.74, 6) is -2.54. The molecule has 1 aliphatic rings. The van der Waals surface area contributed by atoms with Gasteiger partial charge in [0.05, 0.1) is 30.3 Å². The van der Waals surface area contributed by atoms with Crippen LogP contribution in [-0.4, -0.2) is 69.1 Å². The summed E-state index contributed by atoms with van der Waals surface area (Å²) in [5.41, 5.74) is 1.97. The molecule has 1 heterocycles. The molecule has 0 radical (unpaired) electrons. The Morgan fingerprint density at radius 1 is 0.980 bits per heavy atom. The van der Waals surface area contributed by atoms with E-state index in [1.54, 1.807) is 38.2 Å². The number of esters is 1. The van der Waals surface area contributed by atoms with Gasteiger partial charge in [-0.1, -0.05) is 120 Å². The van der Waals surface area contributed by atoms with Gasteiger partial charge in [0.25, 0.3) is 0 Å². The smallest absolute Gasteiger partial charge is 0.407 e. The highest BCUT2D eigenvalue weighted by atomic mass is 16.6. The standard InChI is InChI=1S/C40H61NO8/c1-10-11-15-26(4)38(49-40(47)41-23-32-16-13-12-14-17-32)30(8)36(44)28(6)21-24(2)20-27(5)35(43)25(3)18-19-33(42)22-34-29(7)37(45)31(9)39(46)48-34/h10-20,25-31,33-38,42-45H,1,21-23H2,2-9H3,(H,41,47)/b15-11-,19-18-,24-20-/t25?,26-,27-,28-,29-,30-,31+,33+,34?,35-,36+,37-,38-/m0/s1. The zero-order chi connectivity index (χ0) is 36.8. The van der Waals surface area contributed by atoms with E-state index in [1.165, 1.54) is 0 Å². The SMILES string of the molecule is C=C/C=C\[C@H](C)[C@H](OC(=O)NCc1ccccc1)[C@@H](C)[C@H](O)[C@@H](C)C/C(C)=C\[C@H](C)[C@@H](O)C(C)/C=C\[C@@H](O)CC1OC(=O)[C@H](C)[C@@H](O)[C@H]1C.